The lowest BCUT2D eigenvalue weighted by atomic mass is 10.3. The summed E-state index contributed by atoms with van der Waals surface area (Å²) in [5, 5.41) is 6.40. The Bertz CT molecular complexity index is 577. The Balaban J connectivity index is 5.86. The molecule has 0 saturated heterocycles. The predicted molar refractivity (Wildman–Crippen MR) is 53.9 cm³/mol. The van der Waals surface area contributed by atoms with E-state index in [2.05, 4.69) is 0 Å². The van der Waals surface area contributed by atoms with E-state index in [1.54, 1.807) is 0 Å². The molecule has 0 aliphatic carbocycles. The van der Waals surface area contributed by atoms with Crippen molar-refractivity contribution in [3.63, 3.8) is 0 Å². The van der Waals surface area contributed by atoms with Crippen molar-refractivity contribution in [3.05, 3.63) is 0 Å². The maximum Gasteiger partial charge on any atom is 0.296 e. The van der Waals surface area contributed by atoms with Gasteiger partial charge in [0, 0.05) is 0 Å². The van der Waals surface area contributed by atoms with E-state index in [1.165, 1.54) is 0 Å². The van der Waals surface area contributed by atoms with E-state index in [9.17, 15) is 30.4 Å². The summed E-state index contributed by atoms with van der Waals surface area (Å²) in [7, 11) is -15.8. The van der Waals surface area contributed by atoms with Gasteiger partial charge in [0.2, 0.25) is 4.93 Å². The number of aliphatic hydroxyl groups is 1. The fourth-order valence-electron chi connectivity index (χ4n) is 0.874. The first-order valence-electron chi connectivity index (χ1n) is 3.70. The predicted octanol–water partition coefficient (Wildman–Crippen LogP) is -2.27. The second-order valence-corrected chi connectivity index (χ2v) is 8.15. The second-order valence-electron chi connectivity index (χ2n) is 3.28. The van der Waals surface area contributed by atoms with E-state index >= 15 is 0 Å². The maximum absolute atomic E-state index is 10.7. The van der Waals surface area contributed by atoms with Crippen LogP contribution in [-0.4, -0.2) is 60.0 Å². The lowest BCUT2D eigenvalue weighted by Gasteiger charge is -2.26. The van der Waals surface area contributed by atoms with Crippen molar-refractivity contribution < 1.29 is 44.0 Å². The Labute approximate surface area is 97.5 Å². The van der Waals surface area contributed by atoms with Crippen molar-refractivity contribution in [1.82, 2.24) is 0 Å². The Hall–Kier alpha value is -0.310. The van der Waals surface area contributed by atoms with Crippen molar-refractivity contribution in [3.8, 4) is 0 Å². The summed E-state index contributed by atoms with van der Waals surface area (Å²) in [5.41, 5.74) is 0. The van der Waals surface area contributed by atoms with Crippen LogP contribution in [0, 0.1) is 0 Å². The molecule has 2 unspecified atom stereocenters. The molecule has 0 amide bonds. The van der Waals surface area contributed by atoms with Crippen LogP contribution in [0.25, 0.3) is 0 Å². The largest absolute Gasteiger partial charge is 0.372 e. The van der Waals surface area contributed by atoms with E-state index in [0.29, 0.717) is 0 Å². The van der Waals surface area contributed by atoms with Crippen molar-refractivity contribution in [2.75, 3.05) is 5.75 Å². The lowest BCUT2D eigenvalue weighted by molar-refractivity contribution is 0.128. The smallest absolute Gasteiger partial charge is 0.296 e. The second kappa shape index (κ2) is 4.42. The summed E-state index contributed by atoms with van der Waals surface area (Å²) in [6.45, 7) is 0.256. The first-order chi connectivity index (χ1) is 7.09. The summed E-state index contributed by atoms with van der Waals surface area (Å²) in [6, 6.07) is 0. The van der Waals surface area contributed by atoms with E-state index in [-0.39, 0.29) is 6.92 Å². The molecule has 2 atom stereocenters. The fourth-order valence-corrected chi connectivity index (χ4v) is 4.59. The quantitative estimate of drug-likeness (QED) is 0.403. The highest BCUT2D eigenvalue weighted by Crippen LogP contribution is 2.23. The van der Waals surface area contributed by atoms with Crippen molar-refractivity contribution in [2.45, 2.75) is 17.1 Å². The molecule has 0 aliphatic heterocycles. The standard InChI is InChI=1S/C4H10O10S3/c1-4(5,17(12,13)14)3(16(9,10)11)2-15(6,7)8/h3,5H,2H2,1H3,(H,6,7,8)(H,9,10,11)(H,12,13,14). The van der Waals surface area contributed by atoms with Crippen LogP contribution in [-0.2, 0) is 30.4 Å². The summed E-state index contributed by atoms with van der Waals surface area (Å²) in [4.78, 5) is -3.50. The molecular formula is C4H10O10S3. The third-order valence-electron chi connectivity index (χ3n) is 1.84. The minimum absolute atomic E-state index is 0.256. The Kier molecular flexibility index (Phi) is 4.34. The van der Waals surface area contributed by atoms with E-state index < -0.39 is 46.3 Å². The average Bonchev–Trinajstić information content (AvgIpc) is 1.93. The summed E-state index contributed by atoms with van der Waals surface area (Å²) in [5.74, 6) is -1.81. The number of hydrogen-bond donors (Lipinski definition) is 4. The van der Waals surface area contributed by atoms with Gasteiger partial charge in [0.15, 0.2) is 0 Å². The van der Waals surface area contributed by atoms with Gasteiger partial charge in [0.05, 0.1) is 5.75 Å². The van der Waals surface area contributed by atoms with Crippen LogP contribution in [0.4, 0.5) is 0 Å². The first-order valence-corrected chi connectivity index (χ1v) is 8.25. The molecule has 0 rings (SSSR count). The molecule has 0 fully saturated rings. The van der Waals surface area contributed by atoms with Gasteiger partial charge in [-0.2, -0.15) is 25.3 Å². The van der Waals surface area contributed by atoms with Crippen molar-refractivity contribution in [1.29, 1.82) is 0 Å². The van der Waals surface area contributed by atoms with Gasteiger partial charge in [-0.15, -0.1) is 0 Å². The van der Waals surface area contributed by atoms with Crippen molar-refractivity contribution in [2.24, 2.45) is 0 Å². The molecule has 17 heavy (non-hydrogen) atoms. The molecule has 0 heterocycles. The normalized spacial score (nSPS) is 19.6. The Morgan fingerprint density at radius 2 is 1.35 bits per heavy atom. The minimum atomic E-state index is -5.42. The van der Waals surface area contributed by atoms with Gasteiger partial charge in [0.1, 0.15) is 5.25 Å². The molecule has 10 nitrogen and oxygen atoms in total. The lowest BCUT2D eigenvalue weighted by Crippen LogP contribution is -2.53. The van der Waals surface area contributed by atoms with E-state index in [1.807, 2.05) is 0 Å². The highest BCUT2D eigenvalue weighted by Gasteiger charge is 2.52. The molecule has 0 aromatic heterocycles. The molecular weight excluding hydrogens is 304 g/mol. The molecule has 0 bridgehead atoms. The van der Waals surface area contributed by atoms with Gasteiger partial charge >= 0.3 is 0 Å². The zero-order chi connectivity index (χ0) is 14.3. The molecule has 4 N–H and O–H groups in total. The fraction of sp³-hybridized carbons (Fsp3) is 1.00. The summed E-state index contributed by atoms with van der Waals surface area (Å²) >= 11 is 0. The highest BCUT2D eigenvalue weighted by molar-refractivity contribution is 7.92. The Morgan fingerprint density at radius 3 is 1.53 bits per heavy atom. The van der Waals surface area contributed by atoms with Gasteiger partial charge in [0.25, 0.3) is 30.4 Å². The third kappa shape index (κ3) is 4.46. The van der Waals surface area contributed by atoms with Gasteiger partial charge in [-0.1, -0.05) is 0 Å². The van der Waals surface area contributed by atoms with Crippen LogP contribution < -0.4 is 0 Å². The SMILES string of the molecule is CC(O)(C(CS(=O)(=O)O)S(=O)(=O)O)S(=O)(=O)O. The van der Waals surface area contributed by atoms with Crippen LogP contribution in [0.1, 0.15) is 6.92 Å². The van der Waals surface area contributed by atoms with Crippen LogP contribution in [0.3, 0.4) is 0 Å². The van der Waals surface area contributed by atoms with Crippen molar-refractivity contribution >= 4 is 30.4 Å². The number of rotatable bonds is 5. The zero-order valence-electron chi connectivity index (χ0n) is 8.25. The van der Waals surface area contributed by atoms with Gasteiger partial charge in [-0.25, -0.2) is 0 Å². The van der Waals surface area contributed by atoms with Crippen LogP contribution in [0.2, 0.25) is 0 Å². The van der Waals surface area contributed by atoms with Crippen LogP contribution in [0.15, 0.2) is 0 Å². The minimum Gasteiger partial charge on any atom is -0.372 e. The van der Waals surface area contributed by atoms with E-state index in [4.69, 9.17) is 13.7 Å². The molecule has 13 heteroatoms. The van der Waals surface area contributed by atoms with Gasteiger partial charge in [-0.3, -0.25) is 13.7 Å². The third-order valence-corrected chi connectivity index (χ3v) is 5.63. The molecule has 0 aromatic carbocycles. The summed E-state index contributed by atoms with van der Waals surface area (Å²) in [6.07, 6.45) is 0. The Morgan fingerprint density at radius 1 is 1.00 bits per heavy atom. The zero-order valence-corrected chi connectivity index (χ0v) is 10.7. The molecule has 0 aliphatic rings. The molecule has 104 valence electrons. The van der Waals surface area contributed by atoms with Gasteiger partial charge in [-0.05, 0) is 6.92 Å². The maximum atomic E-state index is 10.7. The van der Waals surface area contributed by atoms with E-state index in [0.717, 1.165) is 0 Å². The first kappa shape index (κ1) is 16.7. The van der Waals surface area contributed by atoms with Crippen LogP contribution in [0.5, 0.6) is 0 Å². The monoisotopic (exact) mass is 314 g/mol. The molecule has 0 radical (unpaired) electrons. The number of hydrogen-bond acceptors (Lipinski definition) is 7. The van der Waals surface area contributed by atoms with Gasteiger partial charge < -0.3 is 5.11 Å². The molecule has 0 aromatic rings. The highest BCUT2D eigenvalue weighted by atomic mass is 32.2. The van der Waals surface area contributed by atoms with Crippen LogP contribution >= 0.6 is 0 Å². The summed E-state index contributed by atoms with van der Waals surface area (Å²) < 4.78 is 89.3. The molecule has 0 spiro atoms. The topological polar surface area (TPSA) is 183 Å². The average molecular weight is 314 g/mol. The molecule has 0 saturated carbocycles.